The average Bonchev–Trinajstić information content (AvgIpc) is 3.50. The van der Waals surface area contributed by atoms with Crippen LogP contribution in [0.25, 0.3) is 10.2 Å². The fraction of sp³-hybridized carbons (Fsp3) is 0.515. The number of hydrogen-bond donors (Lipinski definition) is 5. The van der Waals surface area contributed by atoms with E-state index in [0.29, 0.717) is 38.1 Å². The van der Waals surface area contributed by atoms with Crippen molar-refractivity contribution >= 4 is 39.4 Å². The van der Waals surface area contributed by atoms with E-state index >= 15 is 0 Å². The van der Waals surface area contributed by atoms with Crippen molar-refractivity contribution in [3.05, 3.63) is 62.8 Å². The quantitative estimate of drug-likeness (QED) is 0.0861. The van der Waals surface area contributed by atoms with Crippen LogP contribution in [-0.4, -0.2) is 119 Å². The number of carboxylic acid groups (broad SMARTS) is 2. The van der Waals surface area contributed by atoms with Crippen LogP contribution < -0.4 is 10.2 Å². The van der Waals surface area contributed by atoms with Crippen molar-refractivity contribution < 1.29 is 74.0 Å². The third-order valence-electron chi connectivity index (χ3n) is 7.49. The van der Waals surface area contributed by atoms with E-state index in [4.69, 9.17) is 24.5 Å². The first kappa shape index (κ1) is 48.6. The van der Waals surface area contributed by atoms with Gasteiger partial charge in [-0.2, -0.15) is 39.5 Å². The molecule has 0 atom stereocenters. The standard InChI is InChI=1S/C29H39F3N4O4S.2C2HF3O2/c1-3-35(4-2)17-18-36(16-15-33-14-11-22-9-10-24(37)26-27(22)41-28(39)34-26)25(38)13-20-40-19-12-21-7-5-6-8-23(21)29(30,31)32;2*3-2(4,5)1(6)7/h5-10,33,37H,3-4,11-20H2,1-2H3,(H,34,39);2*(H,6,7). The number of hydrogen-bond acceptors (Lipinski definition) is 9. The molecule has 12 nitrogen and oxygen atoms in total. The van der Waals surface area contributed by atoms with Crippen molar-refractivity contribution in [2.45, 2.75) is 51.6 Å². The molecular weight excluding hydrogens is 783 g/mol. The third-order valence-corrected chi connectivity index (χ3v) is 8.44. The summed E-state index contributed by atoms with van der Waals surface area (Å²) in [4.78, 5) is 49.0. The second-order valence-corrected chi connectivity index (χ2v) is 12.2. The number of nitrogens with one attached hydrogen (secondary N) is 2. The van der Waals surface area contributed by atoms with Crippen molar-refractivity contribution in [1.82, 2.24) is 20.1 Å². The smallest absolute Gasteiger partial charge is 0.490 e. The molecule has 3 rings (SSSR count). The molecule has 1 amide bonds. The van der Waals surface area contributed by atoms with E-state index in [-0.39, 0.29) is 48.1 Å². The first-order valence-electron chi connectivity index (χ1n) is 16.4. The highest BCUT2D eigenvalue weighted by atomic mass is 32.1. The SMILES string of the molecule is CCN(CC)CCN(CCNCCc1ccc(O)c2[nH]c(=O)sc12)C(=O)CCOCCc1ccccc1C(F)(F)F.O=C(O)C(F)(F)F.O=C(O)C(F)(F)F. The van der Waals surface area contributed by atoms with Crippen LogP contribution in [0.4, 0.5) is 39.5 Å². The largest absolute Gasteiger partial charge is 0.506 e. The molecule has 3 aromatic rings. The van der Waals surface area contributed by atoms with Crippen molar-refractivity contribution in [3.63, 3.8) is 0 Å². The van der Waals surface area contributed by atoms with Crippen LogP contribution in [0.5, 0.6) is 5.75 Å². The number of alkyl halides is 9. The molecule has 1 aromatic heterocycles. The number of aromatic amines is 1. The Balaban J connectivity index is 0.000000913. The number of aromatic nitrogens is 1. The zero-order valence-corrected chi connectivity index (χ0v) is 30.4. The molecule has 310 valence electrons. The van der Waals surface area contributed by atoms with Gasteiger partial charge in [-0.3, -0.25) is 9.59 Å². The number of rotatable bonds is 17. The van der Waals surface area contributed by atoms with Crippen LogP contribution in [0.3, 0.4) is 0 Å². The zero-order chi connectivity index (χ0) is 42.0. The summed E-state index contributed by atoms with van der Waals surface area (Å²) in [6, 6.07) is 8.84. The lowest BCUT2D eigenvalue weighted by molar-refractivity contribution is -0.193. The molecule has 0 aliphatic heterocycles. The van der Waals surface area contributed by atoms with Gasteiger partial charge in [-0.05, 0) is 55.7 Å². The highest BCUT2D eigenvalue weighted by molar-refractivity contribution is 7.16. The van der Waals surface area contributed by atoms with Crippen molar-refractivity contribution in [3.8, 4) is 5.75 Å². The Morgan fingerprint density at radius 1 is 0.800 bits per heavy atom. The number of phenols is 1. The summed E-state index contributed by atoms with van der Waals surface area (Å²) in [7, 11) is 0. The van der Waals surface area contributed by atoms with Crippen LogP contribution in [0, 0.1) is 0 Å². The number of aliphatic carboxylic acids is 2. The summed E-state index contributed by atoms with van der Waals surface area (Å²) in [5, 5.41) is 27.6. The minimum absolute atomic E-state index is 0.0486. The van der Waals surface area contributed by atoms with Gasteiger partial charge in [0, 0.05) is 26.2 Å². The molecule has 22 heteroatoms. The molecule has 2 aromatic carbocycles. The van der Waals surface area contributed by atoms with Gasteiger partial charge in [0.25, 0.3) is 0 Å². The van der Waals surface area contributed by atoms with Gasteiger partial charge in [0.05, 0.1) is 29.9 Å². The molecule has 1 heterocycles. The van der Waals surface area contributed by atoms with Crippen molar-refractivity contribution in [1.29, 1.82) is 0 Å². The lowest BCUT2D eigenvalue weighted by Gasteiger charge is -2.27. The van der Waals surface area contributed by atoms with Crippen LogP contribution >= 0.6 is 11.3 Å². The van der Waals surface area contributed by atoms with Gasteiger partial charge in [-0.25, -0.2) is 9.59 Å². The second kappa shape index (κ2) is 22.8. The summed E-state index contributed by atoms with van der Waals surface area (Å²) >= 11 is 1.07. The van der Waals surface area contributed by atoms with Crippen LogP contribution in [0.2, 0.25) is 0 Å². The van der Waals surface area contributed by atoms with E-state index in [1.807, 2.05) is 6.07 Å². The van der Waals surface area contributed by atoms with Gasteiger partial charge in [-0.1, -0.05) is 49.4 Å². The van der Waals surface area contributed by atoms with Crippen LogP contribution in [0.1, 0.15) is 37.0 Å². The number of fused-ring (bicyclic) bond motifs is 1. The monoisotopic (exact) mass is 824 g/mol. The first-order valence-corrected chi connectivity index (χ1v) is 17.2. The number of amides is 1. The molecule has 0 aliphatic rings. The van der Waals surface area contributed by atoms with E-state index in [0.717, 1.165) is 47.3 Å². The number of nitrogens with zero attached hydrogens (tertiary/aromatic N) is 2. The van der Waals surface area contributed by atoms with E-state index in [1.165, 1.54) is 12.1 Å². The third kappa shape index (κ3) is 18.2. The Labute approximate surface area is 312 Å². The number of carboxylic acids is 2. The number of likely N-dealkylation sites (N-methyl/N-ethyl adjacent to an activating group) is 1. The van der Waals surface area contributed by atoms with Gasteiger partial charge in [0.15, 0.2) is 0 Å². The first-order chi connectivity index (χ1) is 25.5. The normalized spacial score (nSPS) is 11.8. The second-order valence-electron chi connectivity index (χ2n) is 11.2. The molecule has 0 aliphatic carbocycles. The number of phenolic OH excluding ortho intramolecular Hbond substituents is 1. The van der Waals surface area contributed by atoms with Gasteiger partial charge >= 0.3 is 35.3 Å². The number of halogens is 9. The summed E-state index contributed by atoms with van der Waals surface area (Å²) < 4.78 is 109. The van der Waals surface area contributed by atoms with Gasteiger partial charge in [0.1, 0.15) is 11.3 Å². The highest BCUT2D eigenvalue weighted by Gasteiger charge is 2.39. The summed E-state index contributed by atoms with van der Waals surface area (Å²) in [5.41, 5.74) is 0.931. The molecule has 55 heavy (non-hydrogen) atoms. The fourth-order valence-electron chi connectivity index (χ4n) is 4.61. The zero-order valence-electron chi connectivity index (χ0n) is 29.5. The Morgan fingerprint density at radius 3 is 1.93 bits per heavy atom. The summed E-state index contributed by atoms with van der Waals surface area (Å²) in [5.74, 6) is -5.53. The van der Waals surface area contributed by atoms with E-state index in [9.17, 15) is 54.2 Å². The maximum Gasteiger partial charge on any atom is 0.490 e. The lowest BCUT2D eigenvalue weighted by atomic mass is 10.0. The van der Waals surface area contributed by atoms with Gasteiger partial charge < -0.3 is 40.2 Å². The fourth-order valence-corrected chi connectivity index (χ4v) is 5.51. The van der Waals surface area contributed by atoms with E-state index in [2.05, 4.69) is 29.0 Å². The van der Waals surface area contributed by atoms with Crippen molar-refractivity contribution in [2.75, 3.05) is 59.0 Å². The van der Waals surface area contributed by atoms with Crippen LogP contribution in [0.15, 0.2) is 41.2 Å². The number of H-pyrrole nitrogens is 1. The average molecular weight is 825 g/mol. The number of carbonyl (C=O) groups excluding carboxylic acids is 1. The number of ether oxygens (including phenoxy) is 1. The van der Waals surface area contributed by atoms with Crippen molar-refractivity contribution in [2.24, 2.45) is 0 Å². The number of benzene rings is 2. The minimum atomic E-state index is -5.08. The van der Waals surface area contributed by atoms with Crippen LogP contribution in [-0.2, 0) is 38.1 Å². The molecular formula is C33H41F9N4O8S. The molecule has 0 fully saturated rings. The number of carbonyl (C=O) groups is 3. The predicted octanol–water partition coefficient (Wildman–Crippen LogP) is 5.53. The molecule has 0 unspecified atom stereocenters. The Bertz CT molecular complexity index is 1680. The van der Waals surface area contributed by atoms with E-state index in [1.54, 1.807) is 17.0 Å². The Kier molecular flexibility index (Phi) is 20.2. The molecule has 0 spiro atoms. The lowest BCUT2D eigenvalue weighted by Crippen LogP contribution is -2.42. The molecule has 0 bridgehead atoms. The van der Waals surface area contributed by atoms with Gasteiger partial charge in [-0.15, -0.1) is 0 Å². The maximum absolute atomic E-state index is 13.2. The minimum Gasteiger partial charge on any atom is -0.506 e. The van der Waals surface area contributed by atoms with E-state index < -0.39 is 36.0 Å². The molecule has 5 N–H and O–H groups in total. The summed E-state index contributed by atoms with van der Waals surface area (Å²) in [6.45, 7) is 9.16. The summed E-state index contributed by atoms with van der Waals surface area (Å²) in [6.07, 6.45) is -13.7. The number of aromatic hydroxyl groups is 1. The van der Waals surface area contributed by atoms with Gasteiger partial charge in [0.2, 0.25) is 5.91 Å². The highest BCUT2D eigenvalue weighted by Crippen LogP contribution is 2.32. The number of thiazole rings is 1. The topological polar surface area (TPSA) is 172 Å². The molecule has 0 saturated heterocycles. The molecule has 0 saturated carbocycles. The Morgan fingerprint density at radius 2 is 1.38 bits per heavy atom. The Hall–Kier alpha value is -4.41. The maximum atomic E-state index is 13.2. The predicted molar refractivity (Wildman–Crippen MR) is 183 cm³/mol. The molecule has 0 radical (unpaired) electrons.